The lowest BCUT2D eigenvalue weighted by molar-refractivity contribution is 0.0760. The first-order valence-electron chi connectivity index (χ1n) is 8.13. The number of likely N-dealkylation sites (tertiary alicyclic amines) is 1. The minimum Gasteiger partial charge on any atom is -0.300 e. The van der Waals surface area contributed by atoms with Gasteiger partial charge in [0.2, 0.25) is 0 Å². The number of piperidine rings is 1. The molecule has 1 heterocycles. The van der Waals surface area contributed by atoms with E-state index in [1.165, 1.54) is 45.2 Å². The average Bonchev–Trinajstić information content (AvgIpc) is 2.48. The number of rotatable bonds is 4. The van der Waals surface area contributed by atoms with Gasteiger partial charge >= 0.3 is 0 Å². The lowest BCUT2D eigenvalue weighted by atomic mass is 9.78. The van der Waals surface area contributed by atoms with E-state index >= 15 is 0 Å². The maximum atomic E-state index is 9.56. The molecule has 0 bridgehead atoms. The molecule has 0 amide bonds. The van der Waals surface area contributed by atoms with E-state index in [0.717, 1.165) is 25.3 Å². The number of nitriles is 1. The van der Waals surface area contributed by atoms with Crippen molar-refractivity contribution >= 4 is 0 Å². The summed E-state index contributed by atoms with van der Waals surface area (Å²) < 4.78 is 0. The molecule has 108 valence electrons. The average molecular weight is 263 g/mol. The van der Waals surface area contributed by atoms with Gasteiger partial charge in [-0.2, -0.15) is 5.26 Å². The Morgan fingerprint density at radius 2 is 2.16 bits per heavy atom. The van der Waals surface area contributed by atoms with E-state index in [9.17, 15) is 5.26 Å². The molecule has 0 aromatic heterocycles. The van der Waals surface area contributed by atoms with E-state index in [2.05, 4.69) is 30.1 Å². The fraction of sp³-hybridized carbons (Fsp3) is 0.938. The Morgan fingerprint density at radius 1 is 1.32 bits per heavy atom. The zero-order valence-electron chi connectivity index (χ0n) is 12.6. The molecule has 1 saturated carbocycles. The van der Waals surface area contributed by atoms with Crippen LogP contribution < -0.4 is 5.32 Å². The van der Waals surface area contributed by atoms with Gasteiger partial charge < -0.3 is 4.90 Å². The topological polar surface area (TPSA) is 39.1 Å². The normalized spacial score (nSPS) is 36.9. The predicted molar refractivity (Wildman–Crippen MR) is 78.9 cm³/mol. The summed E-state index contributed by atoms with van der Waals surface area (Å²) in [6.45, 7) is 7.82. The molecule has 1 aliphatic heterocycles. The van der Waals surface area contributed by atoms with Crippen LogP contribution in [0.2, 0.25) is 0 Å². The van der Waals surface area contributed by atoms with Crippen LogP contribution in [0.5, 0.6) is 0 Å². The second-order valence-electron chi connectivity index (χ2n) is 6.39. The molecule has 3 unspecified atom stereocenters. The second-order valence-corrected chi connectivity index (χ2v) is 6.39. The zero-order valence-corrected chi connectivity index (χ0v) is 12.6. The molecule has 0 aromatic carbocycles. The largest absolute Gasteiger partial charge is 0.300 e. The van der Waals surface area contributed by atoms with E-state index in [1.54, 1.807) is 0 Å². The summed E-state index contributed by atoms with van der Waals surface area (Å²) in [7, 11) is 0. The summed E-state index contributed by atoms with van der Waals surface area (Å²) in [5.74, 6) is 0.881. The Kier molecular flexibility index (Phi) is 5.24. The second kappa shape index (κ2) is 6.72. The van der Waals surface area contributed by atoms with Crippen LogP contribution in [0.4, 0.5) is 0 Å². The van der Waals surface area contributed by atoms with E-state index in [1.807, 2.05) is 0 Å². The van der Waals surface area contributed by atoms with Crippen LogP contribution in [-0.4, -0.2) is 36.1 Å². The lowest BCUT2D eigenvalue weighted by Crippen LogP contribution is -2.54. The summed E-state index contributed by atoms with van der Waals surface area (Å²) in [5.41, 5.74) is -0.253. The van der Waals surface area contributed by atoms with Crippen LogP contribution >= 0.6 is 0 Å². The molecular formula is C16H29N3. The molecule has 1 saturated heterocycles. The number of hydrogen-bond donors (Lipinski definition) is 1. The van der Waals surface area contributed by atoms with Crippen molar-refractivity contribution in [2.45, 2.75) is 70.4 Å². The Labute approximate surface area is 118 Å². The quantitative estimate of drug-likeness (QED) is 0.847. The summed E-state index contributed by atoms with van der Waals surface area (Å²) in [4.78, 5) is 2.68. The third-order valence-electron chi connectivity index (χ3n) is 5.10. The number of hydrogen-bond acceptors (Lipinski definition) is 3. The molecule has 3 nitrogen and oxygen atoms in total. The molecule has 1 N–H and O–H groups in total. The van der Waals surface area contributed by atoms with Crippen LogP contribution in [0.3, 0.4) is 0 Å². The maximum absolute atomic E-state index is 9.56. The van der Waals surface area contributed by atoms with Gasteiger partial charge in [0, 0.05) is 12.6 Å². The highest BCUT2D eigenvalue weighted by Gasteiger charge is 2.38. The molecule has 0 aromatic rings. The van der Waals surface area contributed by atoms with Crippen molar-refractivity contribution in [1.29, 1.82) is 5.26 Å². The van der Waals surface area contributed by atoms with Crippen LogP contribution in [0.1, 0.15) is 58.8 Å². The first-order chi connectivity index (χ1) is 9.23. The molecule has 0 spiro atoms. The minimum atomic E-state index is -0.253. The first-order valence-corrected chi connectivity index (χ1v) is 8.13. The standard InChI is InChI=1S/C16H29N3/c1-3-14-7-6-10-19(12-14)15-8-5-9-16(11-15,13-17)18-4-2/h14-15,18H,3-12H2,1-2H3. The maximum Gasteiger partial charge on any atom is 0.108 e. The summed E-state index contributed by atoms with van der Waals surface area (Å²) >= 11 is 0. The first kappa shape index (κ1) is 14.8. The third kappa shape index (κ3) is 3.49. The van der Waals surface area contributed by atoms with Crippen molar-refractivity contribution in [3.05, 3.63) is 0 Å². The molecule has 3 atom stereocenters. The monoisotopic (exact) mass is 263 g/mol. The highest BCUT2D eigenvalue weighted by atomic mass is 15.2. The highest BCUT2D eigenvalue weighted by Crippen LogP contribution is 2.33. The molecule has 3 heteroatoms. The Morgan fingerprint density at radius 3 is 2.84 bits per heavy atom. The fourth-order valence-corrected chi connectivity index (χ4v) is 3.96. The van der Waals surface area contributed by atoms with E-state index in [-0.39, 0.29) is 5.54 Å². The van der Waals surface area contributed by atoms with Gasteiger partial charge in [0.25, 0.3) is 0 Å². The van der Waals surface area contributed by atoms with Crippen molar-refractivity contribution < 1.29 is 0 Å². The van der Waals surface area contributed by atoms with Crippen molar-refractivity contribution in [1.82, 2.24) is 10.2 Å². The van der Waals surface area contributed by atoms with Crippen molar-refractivity contribution in [3.8, 4) is 6.07 Å². The van der Waals surface area contributed by atoms with Crippen LogP contribution in [0.25, 0.3) is 0 Å². The molecule has 2 aliphatic rings. The fourth-order valence-electron chi connectivity index (χ4n) is 3.96. The van der Waals surface area contributed by atoms with Gasteiger partial charge in [-0.25, -0.2) is 0 Å². The molecular weight excluding hydrogens is 234 g/mol. The van der Waals surface area contributed by atoms with E-state index in [0.29, 0.717) is 6.04 Å². The van der Waals surface area contributed by atoms with Gasteiger partial charge in [0.15, 0.2) is 0 Å². The Balaban J connectivity index is 1.98. The van der Waals surface area contributed by atoms with Gasteiger partial charge in [0.1, 0.15) is 5.54 Å². The van der Waals surface area contributed by atoms with E-state index < -0.39 is 0 Å². The zero-order chi connectivity index (χ0) is 13.7. The van der Waals surface area contributed by atoms with Gasteiger partial charge in [-0.1, -0.05) is 20.3 Å². The molecule has 2 fully saturated rings. The van der Waals surface area contributed by atoms with Crippen molar-refractivity contribution in [2.24, 2.45) is 5.92 Å². The van der Waals surface area contributed by atoms with Gasteiger partial charge in [0.05, 0.1) is 6.07 Å². The van der Waals surface area contributed by atoms with Gasteiger partial charge in [-0.05, 0) is 57.5 Å². The van der Waals surface area contributed by atoms with Crippen LogP contribution in [0.15, 0.2) is 0 Å². The van der Waals surface area contributed by atoms with Gasteiger partial charge in [-0.15, -0.1) is 0 Å². The Bertz CT molecular complexity index is 318. The lowest BCUT2D eigenvalue weighted by Gasteiger charge is -2.44. The SMILES string of the molecule is CCNC1(C#N)CCCC(N2CCCC(CC)C2)C1. The third-order valence-corrected chi connectivity index (χ3v) is 5.10. The van der Waals surface area contributed by atoms with Crippen molar-refractivity contribution in [3.63, 3.8) is 0 Å². The van der Waals surface area contributed by atoms with Crippen molar-refractivity contribution in [2.75, 3.05) is 19.6 Å². The van der Waals surface area contributed by atoms with E-state index in [4.69, 9.17) is 0 Å². The molecule has 19 heavy (non-hydrogen) atoms. The van der Waals surface area contributed by atoms with Crippen LogP contribution in [0, 0.1) is 17.2 Å². The minimum absolute atomic E-state index is 0.253. The highest BCUT2D eigenvalue weighted by molar-refractivity contribution is 5.11. The summed E-state index contributed by atoms with van der Waals surface area (Å²) in [6.07, 6.45) is 8.57. The summed E-state index contributed by atoms with van der Waals surface area (Å²) in [6, 6.07) is 3.20. The molecule has 1 aliphatic carbocycles. The predicted octanol–water partition coefficient (Wildman–Crippen LogP) is 2.92. The summed E-state index contributed by atoms with van der Waals surface area (Å²) in [5, 5.41) is 13.0. The molecule has 2 rings (SSSR count). The van der Waals surface area contributed by atoms with Gasteiger partial charge in [-0.3, -0.25) is 5.32 Å². The number of nitrogens with zero attached hydrogens (tertiary/aromatic N) is 2. The Hall–Kier alpha value is -0.590. The number of nitrogens with one attached hydrogen (secondary N) is 1. The smallest absolute Gasteiger partial charge is 0.108 e. The molecule has 0 radical (unpaired) electrons. The van der Waals surface area contributed by atoms with Crippen LogP contribution in [-0.2, 0) is 0 Å².